The topological polar surface area (TPSA) is 118 Å². The van der Waals surface area contributed by atoms with E-state index < -0.39 is 46.4 Å². The minimum atomic E-state index is -1.39. The average Bonchev–Trinajstić information content (AvgIpc) is 2.74. The zero-order valence-electron chi connectivity index (χ0n) is 15.6. The second kappa shape index (κ2) is 5.74. The highest BCUT2D eigenvalue weighted by atomic mass is 16.3. The number of fused-ring (bicyclic) bond motifs is 3. The zero-order valence-corrected chi connectivity index (χ0v) is 15.6. The Morgan fingerprint density at radius 3 is 2.38 bits per heavy atom. The van der Waals surface area contributed by atoms with Crippen LogP contribution in [-0.2, 0) is 4.79 Å². The van der Waals surface area contributed by atoms with Gasteiger partial charge < -0.3 is 25.5 Å². The number of hydrogen-bond donors (Lipinski definition) is 5. The molecule has 0 amide bonds. The van der Waals surface area contributed by atoms with E-state index in [0.717, 1.165) is 12.8 Å². The van der Waals surface area contributed by atoms with Gasteiger partial charge in [0.05, 0.1) is 23.7 Å². The van der Waals surface area contributed by atoms with E-state index in [1.807, 2.05) is 6.92 Å². The molecule has 148 valence electrons. The van der Waals surface area contributed by atoms with Gasteiger partial charge in [0.2, 0.25) is 0 Å². The summed E-state index contributed by atoms with van der Waals surface area (Å²) in [6.07, 6.45) is -0.102. The Morgan fingerprint density at radius 2 is 1.77 bits per heavy atom. The number of ketones is 1. The van der Waals surface area contributed by atoms with Crippen LogP contribution in [0, 0.1) is 39.9 Å². The first-order valence-electron chi connectivity index (χ1n) is 10.0. The second-order valence-corrected chi connectivity index (χ2v) is 9.84. The fourth-order valence-electron chi connectivity index (χ4n) is 7.84. The molecule has 0 heterocycles. The van der Waals surface area contributed by atoms with Crippen molar-refractivity contribution in [3.05, 3.63) is 0 Å². The maximum absolute atomic E-state index is 13.3. The van der Waals surface area contributed by atoms with E-state index in [2.05, 4.69) is 0 Å². The summed E-state index contributed by atoms with van der Waals surface area (Å²) in [6, 6.07) is 0. The minimum Gasteiger partial charge on any atom is -0.396 e. The fraction of sp³-hybridized carbons (Fsp3) is 0.950. The van der Waals surface area contributed by atoms with Crippen molar-refractivity contribution >= 4 is 5.78 Å². The molecule has 6 nitrogen and oxygen atoms in total. The van der Waals surface area contributed by atoms with Gasteiger partial charge in [-0.1, -0.05) is 20.3 Å². The van der Waals surface area contributed by atoms with Crippen molar-refractivity contribution < 1.29 is 30.3 Å². The number of carbonyl (C=O) groups excluding carboxylic acids is 1. The molecule has 0 aromatic carbocycles. The molecule has 10 atom stereocenters. The Kier molecular flexibility index (Phi) is 4.15. The van der Waals surface area contributed by atoms with E-state index in [4.69, 9.17) is 0 Å². The van der Waals surface area contributed by atoms with Crippen molar-refractivity contribution in [2.45, 2.75) is 64.3 Å². The highest BCUT2D eigenvalue weighted by Crippen LogP contribution is 2.71. The van der Waals surface area contributed by atoms with Gasteiger partial charge in [0.25, 0.3) is 0 Å². The zero-order chi connectivity index (χ0) is 19.1. The van der Waals surface area contributed by atoms with Gasteiger partial charge in [-0.05, 0) is 42.9 Å². The first-order chi connectivity index (χ1) is 12.2. The van der Waals surface area contributed by atoms with Crippen molar-refractivity contribution in [1.29, 1.82) is 0 Å². The second-order valence-electron chi connectivity index (χ2n) is 9.84. The smallest absolute Gasteiger partial charge is 0.147 e. The van der Waals surface area contributed by atoms with Crippen LogP contribution in [0.2, 0.25) is 0 Å². The van der Waals surface area contributed by atoms with Crippen LogP contribution < -0.4 is 0 Å². The van der Waals surface area contributed by atoms with E-state index in [-0.39, 0.29) is 37.3 Å². The molecule has 0 radical (unpaired) electrons. The van der Waals surface area contributed by atoms with Crippen molar-refractivity contribution in [2.24, 2.45) is 39.9 Å². The van der Waals surface area contributed by atoms with Gasteiger partial charge in [-0.25, -0.2) is 0 Å². The maximum atomic E-state index is 13.3. The molecule has 4 rings (SSSR count). The average molecular weight is 368 g/mol. The molecule has 2 unspecified atom stereocenters. The van der Waals surface area contributed by atoms with Gasteiger partial charge >= 0.3 is 0 Å². The number of rotatable bonds is 2. The Morgan fingerprint density at radius 1 is 1.08 bits per heavy atom. The molecule has 1 spiro atoms. The van der Waals surface area contributed by atoms with E-state index in [9.17, 15) is 30.3 Å². The summed E-state index contributed by atoms with van der Waals surface area (Å²) in [5, 5.41) is 54.0. The molecule has 5 N–H and O–H groups in total. The van der Waals surface area contributed by atoms with Crippen molar-refractivity contribution in [3.63, 3.8) is 0 Å². The standard InChI is InChI=1S/C20H32O6/c1-10-11-6-12(23)15-19(9-22)5-3-4-18(2,8-21)13(19)7-14(24)20(15,16(10)25)17(11)26/h10-15,17,21-24,26H,3-9H2,1-2H3/t10-,11+,12+,13-,14?,15+,17-,18+,19+,20?/m1/s1. The molecule has 4 aliphatic carbocycles. The third kappa shape index (κ3) is 1.88. The number of hydrogen-bond acceptors (Lipinski definition) is 6. The molecule has 26 heavy (non-hydrogen) atoms. The van der Waals surface area contributed by atoms with E-state index in [1.54, 1.807) is 6.92 Å². The predicted molar refractivity (Wildman–Crippen MR) is 92.9 cm³/mol. The van der Waals surface area contributed by atoms with E-state index in [1.165, 1.54) is 0 Å². The van der Waals surface area contributed by atoms with Crippen LogP contribution in [0.1, 0.15) is 46.0 Å². The quantitative estimate of drug-likeness (QED) is 0.471. The summed E-state index contributed by atoms with van der Waals surface area (Å²) < 4.78 is 0. The number of aliphatic hydroxyl groups excluding tert-OH is 5. The lowest BCUT2D eigenvalue weighted by Crippen LogP contribution is -2.72. The van der Waals surface area contributed by atoms with Crippen molar-refractivity contribution in [2.75, 3.05) is 13.2 Å². The van der Waals surface area contributed by atoms with E-state index >= 15 is 0 Å². The van der Waals surface area contributed by atoms with Crippen molar-refractivity contribution in [1.82, 2.24) is 0 Å². The predicted octanol–water partition coefficient (Wildman–Crippen LogP) is 0.0915. The first kappa shape index (κ1) is 18.8. The summed E-state index contributed by atoms with van der Waals surface area (Å²) in [4.78, 5) is 13.3. The normalized spacial score (nSPS) is 59.0. The first-order valence-corrected chi connectivity index (χ1v) is 10.0. The number of carbonyl (C=O) groups is 1. The van der Waals surface area contributed by atoms with E-state index in [0.29, 0.717) is 12.8 Å². The molecule has 0 saturated heterocycles. The minimum absolute atomic E-state index is 0.0581. The van der Waals surface area contributed by atoms with Crippen molar-refractivity contribution in [3.8, 4) is 0 Å². The lowest BCUT2D eigenvalue weighted by Gasteiger charge is -2.66. The molecule has 2 bridgehead atoms. The third-order valence-electron chi connectivity index (χ3n) is 9.00. The molecule has 0 aromatic rings. The largest absolute Gasteiger partial charge is 0.396 e. The maximum Gasteiger partial charge on any atom is 0.147 e. The van der Waals surface area contributed by atoms with Crippen LogP contribution >= 0.6 is 0 Å². The molecule has 0 aromatic heterocycles. The molecule has 4 aliphatic rings. The van der Waals surface area contributed by atoms with Gasteiger partial charge in [0.15, 0.2) is 0 Å². The molecular formula is C20H32O6. The number of aliphatic hydroxyl groups is 5. The van der Waals surface area contributed by atoms with Crippen LogP contribution in [0.4, 0.5) is 0 Å². The SMILES string of the molecule is C[C@H]1C(=O)C23C(O)C[C@@H]4[C@](C)(CO)CCC[C@@]4(CO)[C@@H]2[C@@H](O)C[C@@H]1[C@H]3O. The summed E-state index contributed by atoms with van der Waals surface area (Å²) in [7, 11) is 0. The Balaban J connectivity index is 1.92. The monoisotopic (exact) mass is 368 g/mol. The van der Waals surface area contributed by atoms with Gasteiger partial charge in [0, 0.05) is 30.5 Å². The van der Waals surface area contributed by atoms with Gasteiger partial charge in [-0.15, -0.1) is 0 Å². The highest BCUT2D eigenvalue weighted by molar-refractivity contribution is 5.92. The molecule has 0 aliphatic heterocycles. The summed E-state index contributed by atoms with van der Waals surface area (Å²) in [6.45, 7) is 3.49. The Hall–Kier alpha value is -0.530. The molecular weight excluding hydrogens is 336 g/mol. The highest BCUT2D eigenvalue weighted by Gasteiger charge is 2.77. The Labute approximate surface area is 154 Å². The summed E-state index contributed by atoms with van der Waals surface area (Å²) >= 11 is 0. The summed E-state index contributed by atoms with van der Waals surface area (Å²) in [5.74, 6) is -1.79. The third-order valence-corrected chi connectivity index (χ3v) is 9.00. The number of Topliss-reactive ketones (excluding diaryl/α,β-unsaturated/α-hetero) is 1. The van der Waals surface area contributed by atoms with Gasteiger partial charge in [0.1, 0.15) is 5.78 Å². The molecule has 6 heteroatoms. The van der Waals surface area contributed by atoms with Crippen LogP contribution in [0.5, 0.6) is 0 Å². The summed E-state index contributed by atoms with van der Waals surface area (Å²) in [5.41, 5.74) is -2.63. The Bertz CT molecular complexity index is 609. The van der Waals surface area contributed by atoms with Crippen LogP contribution in [0.25, 0.3) is 0 Å². The lowest BCUT2D eigenvalue weighted by molar-refractivity contribution is -0.267. The van der Waals surface area contributed by atoms with Gasteiger partial charge in [-0.2, -0.15) is 0 Å². The molecule has 4 fully saturated rings. The van der Waals surface area contributed by atoms with Crippen LogP contribution in [-0.4, -0.2) is 62.8 Å². The van der Waals surface area contributed by atoms with Crippen LogP contribution in [0.15, 0.2) is 0 Å². The lowest BCUT2D eigenvalue weighted by atomic mass is 9.38. The fourth-order valence-corrected chi connectivity index (χ4v) is 7.84. The van der Waals surface area contributed by atoms with Gasteiger partial charge in [-0.3, -0.25) is 4.79 Å². The molecule has 4 saturated carbocycles. The van der Waals surface area contributed by atoms with Crippen LogP contribution in [0.3, 0.4) is 0 Å².